The summed E-state index contributed by atoms with van der Waals surface area (Å²) in [4.78, 5) is 0. The lowest BCUT2D eigenvalue weighted by atomic mass is 10.0. The van der Waals surface area contributed by atoms with Gasteiger partial charge in [0.1, 0.15) is 0 Å². The summed E-state index contributed by atoms with van der Waals surface area (Å²) in [6.45, 7) is 0. The van der Waals surface area contributed by atoms with Crippen LogP contribution in [0, 0.1) is 15.2 Å². The Bertz CT molecular complexity index is 552. The van der Waals surface area contributed by atoms with Gasteiger partial charge in [0.2, 0.25) is 0 Å². The van der Waals surface area contributed by atoms with Crippen molar-refractivity contribution in [2.45, 2.75) is 12.8 Å². The van der Waals surface area contributed by atoms with Gasteiger partial charge in [0.05, 0.1) is 5.69 Å². The van der Waals surface area contributed by atoms with Crippen LogP contribution in [-0.4, -0.2) is 0 Å². The molecule has 0 saturated carbocycles. The molecule has 0 aromatic heterocycles. The highest BCUT2D eigenvalue weighted by molar-refractivity contribution is 14.1. The smallest absolute Gasteiger partial charge is 0.181 e. The zero-order valence-corrected chi connectivity index (χ0v) is 11.7. The number of halogens is 3. The summed E-state index contributed by atoms with van der Waals surface area (Å²) in [7, 11) is 0. The van der Waals surface area contributed by atoms with E-state index in [2.05, 4.69) is 22.6 Å². The minimum Gasteiger partial charge on any atom is -0.396 e. The molecule has 94 valence electrons. The maximum atomic E-state index is 13.6. The van der Waals surface area contributed by atoms with Crippen molar-refractivity contribution >= 4 is 28.3 Å². The zero-order chi connectivity index (χ0) is 13.1. The Kier molecular flexibility index (Phi) is 4.16. The fourth-order valence-corrected chi connectivity index (χ4v) is 2.09. The van der Waals surface area contributed by atoms with Crippen molar-refractivity contribution in [2.75, 3.05) is 5.73 Å². The highest BCUT2D eigenvalue weighted by atomic mass is 127. The number of rotatable bonds is 3. The van der Waals surface area contributed by atoms with Crippen molar-refractivity contribution in [1.82, 2.24) is 0 Å². The molecule has 0 heterocycles. The molecular weight excluding hydrogens is 347 g/mol. The van der Waals surface area contributed by atoms with E-state index in [9.17, 15) is 8.78 Å². The van der Waals surface area contributed by atoms with Gasteiger partial charge in [-0.3, -0.25) is 0 Å². The topological polar surface area (TPSA) is 26.0 Å². The molecule has 2 N–H and O–H groups in total. The summed E-state index contributed by atoms with van der Waals surface area (Å²) < 4.78 is 28.0. The fourth-order valence-electron chi connectivity index (χ4n) is 1.73. The molecule has 1 nitrogen and oxygen atoms in total. The van der Waals surface area contributed by atoms with Crippen molar-refractivity contribution in [3.63, 3.8) is 0 Å². The molecule has 0 aliphatic carbocycles. The number of nitrogen functional groups attached to an aromatic ring is 1. The van der Waals surface area contributed by atoms with E-state index in [1.165, 1.54) is 6.07 Å². The molecule has 0 aliphatic rings. The molecule has 0 saturated heterocycles. The molecule has 0 amide bonds. The van der Waals surface area contributed by atoms with Crippen LogP contribution in [0.3, 0.4) is 0 Å². The molecule has 0 atom stereocenters. The highest BCUT2D eigenvalue weighted by Gasteiger charge is 2.11. The Labute approximate surface area is 118 Å². The minimum atomic E-state index is -0.949. The molecule has 0 aliphatic heterocycles. The number of aryl methyl sites for hydroxylation is 2. The van der Waals surface area contributed by atoms with Crippen LogP contribution in [0.1, 0.15) is 11.1 Å². The maximum absolute atomic E-state index is 13.6. The second kappa shape index (κ2) is 5.65. The van der Waals surface area contributed by atoms with Crippen LogP contribution >= 0.6 is 22.6 Å². The zero-order valence-electron chi connectivity index (χ0n) is 9.59. The third-order valence-electron chi connectivity index (χ3n) is 2.79. The van der Waals surface area contributed by atoms with Crippen LogP contribution in [-0.2, 0) is 12.8 Å². The molecule has 2 rings (SSSR count). The predicted octanol–water partition coefficient (Wildman–Crippen LogP) is 3.94. The van der Waals surface area contributed by atoms with Crippen molar-refractivity contribution in [2.24, 2.45) is 0 Å². The Hall–Kier alpha value is -1.17. The second-order valence-electron chi connectivity index (χ2n) is 4.07. The van der Waals surface area contributed by atoms with Gasteiger partial charge in [0, 0.05) is 3.57 Å². The summed E-state index contributed by atoms with van der Waals surface area (Å²) in [5.74, 6) is -1.78. The third kappa shape index (κ3) is 2.98. The van der Waals surface area contributed by atoms with Gasteiger partial charge in [-0.15, -0.1) is 0 Å². The van der Waals surface area contributed by atoms with E-state index in [4.69, 9.17) is 5.73 Å². The average molecular weight is 359 g/mol. The molecule has 18 heavy (non-hydrogen) atoms. The number of anilines is 1. The van der Waals surface area contributed by atoms with Gasteiger partial charge in [0.15, 0.2) is 11.6 Å². The maximum Gasteiger partial charge on any atom is 0.181 e. The van der Waals surface area contributed by atoms with E-state index in [0.29, 0.717) is 18.4 Å². The first-order valence-corrected chi connectivity index (χ1v) is 6.62. The highest BCUT2D eigenvalue weighted by Crippen LogP contribution is 2.19. The fraction of sp³-hybridized carbons (Fsp3) is 0.143. The second-order valence-corrected chi connectivity index (χ2v) is 5.31. The normalized spacial score (nSPS) is 10.6. The van der Waals surface area contributed by atoms with Gasteiger partial charge in [-0.1, -0.05) is 18.2 Å². The van der Waals surface area contributed by atoms with Crippen molar-refractivity contribution < 1.29 is 8.78 Å². The number of hydrogen-bond donors (Lipinski definition) is 1. The Morgan fingerprint density at radius 3 is 2.22 bits per heavy atom. The summed E-state index contributed by atoms with van der Waals surface area (Å²) >= 11 is 2.23. The van der Waals surface area contributed by atoms with Crippen LogP contribution in [0.25, 0.3) is 0 Å². The molecular formula is C14H12F2IN. The third-order valence-corrected chi connectivity index (χ3v) is 3.51. The van der Waals surface area contributed by atoms with Crippen LogP contribution in [0.5, 0.6) is 0 Å². The molecule has 0 radical (unpaired) electrons. The molecule has 2 aromatic rings. The Balaban J connectivity index is 2.11. The number of hydrogen-bond acceptors (Lipinski definition) is 1. The lowest BCUT2D eigenvalue weighted by Gasteiger charge is -2.06. The van der Waals surface area contributed by atoms with Gasteiger partial charge in [-0.25, -0.2) is 8.78 Å². The molecule has 4 heteroatoms. The van der Waals surface area contributed by atoms with Gasteiger partial charge >= 0.3 is 0 Å². The van der Waals surface area contributed by atoms with Crippen molar-refractivity contribution in [3.05, 3.63) is 62.7 Å². The SMILES string of the molecule is Nc1ccc(CCc2ccc(I)cc2)c(F)c1F. The van der Waals surface area contributed by atoms with E-state index >= 15 is 0 Å². The van der Waals surface area contributed by atoms with E-state index < -0.39 is 11.6 Å². The first kappa shape index (κ1) is 13.3. The summed E-state index contributed by atoms with van der Waals surface area (Å²) in [5.41, 5.74) is 6.62. The number of benzene rings is 2. The van der Waals surface area contributed by atoms with E-state index in [1.807, 2.05) is 24.3 Å². The van der Waals surface area contributed by atoms with E-state index in [0.717, 1.165) is 9.13 Å². The van der Waals surface area contributed by atoms with Gasteiger partial charge in [-0.05, 0) is 64.8 Å². The van der Waals surface area contributed by atoms with Gasteiger partial charge < -0.3 is 5.73 Å². The lowest BCUT2D eigenvalue weighted by Crippen LogP contribution is -2.01. The van der Waals surface area contributed by atoms with E-state index in [-0.39, 0.29) is 5.69 Å². The van der Waals surface area contributed by atoms with Crippen LogP contribution in [0.2, 0.25) is 0 Å². The van der Waals surface area contributed by atoms with Crippen LogP contribution < -0.4 is 5.73 Å². The van der Waals surface area contributed by atoms with Crippen molar-refractivity contribution in [3.8, 4) is 0 Å². The standard InChI is InChI=1S/C14H12F2IN/c15-13-10(5-8-12(18)14(13)16)4-1-9-2-6-11(17)7-3-9/h2-3,5-8H,1,4,18H2. The summed E-state index contributed by atoms with van der Waals surface area (Å²) in [6, 6.07) is 10.9. The monoisotopic (exact) mass is 359 g/mol. The quantitative estimate of drug-likeness (QED) is 0.652. The first-order chi connectivity index (χ1) is 8.58. The predicted molar refractivity (Wildman–Crippen MR) is 77.3 cm³/mol. The summed E-state index contributed by atoms with van der Waals surface area (Å²) in [6.07, 6.45) is 1.14. The molecule has 0 spiro atoms. The van der Waals surface area contributed by atoms with Gasteiger partial charge in [-0.2, -0.15) is 0 Å². The Morgan fingerprint density at radius 2 is 1.56 bits per heavy atom. The van der Waals surface area contributed by atoms with Gasteiger partial charge in [0.25, 0.3) is 0 Å². The van der Waals surface area contributed by atoms with Crippen molar-refractivity contribution in [1.29, 1.82) is 0 Å². The largest absolute Gasteiger partial charge is 0.396 e. The van der Waals surface area contributed by atoms with E-state index in [1.54, 1.807) is 6.07 Å². The molecule has 0 unspecified atom stereocenters. The minimum absolute atomic E-state index is 0.148. The summed E-state index contributed by atoms with van der Waals surface area (Å²) in [5, 5.41) is 0. The van der Waals surface area contributed by atoms with Crippen LogP contribution in [0.15, 0.2) is 36.4 Å². The lowest BCUT2D eigenvalue weighted by molar-refractivity contribution is 0.502. The molecule has 2 aromatic carbocycles. The molecule has 0 fully saturated rings. The first-order valence-electron chi connectivity index (χ1n) is 5.54. The number of nitrogens with two attached hydrogens (primary N) is 1. The molecule has 0 bridgehead atoms. The van der Waals surface area contributed by atoms with Crippen LogP contribution in [0.4, 0.5) is 14.5 Å². The average Bonchev–Trinajstić information content (AvgIpc) is 2.37. The Morgan fingerprint density at radius 1 is 0.889 bits per heavy atom.